The quantitative estimate of drug-likeness (QED) is 0.839. The molecule has 0 saturated heterocycles. The van der Waals surface area contributed by atoms with E-state index < -0.39 is 0 Å². The van der Waals surface area contributed by atoms with Crippen LogP contribution in [0.2, 0.25) is 0 Å². The van der Waals surface area contributed by atoms with Crippen LogP contribution in [-0.4, -0.2) is 45.4 Å². The van der Waals surface area contributed by atoms with Gasteiger partial charge in [0.15, 0.2) is 6.39 Å². The summed E-state index contributed by atoms with van der Waals surface area (Å²) in [5, 5.41) is 3.33. The van der Waals surface area contributed by atoms with E-state index in [2.05, 4.69) is 20.3 Å². The van der Waals surface area contributed by atoms with Gasteiger partial charge in [-0.3, -0.25) is 4.79 Å². The predicted octanol–water partition coefficient (Wildman–Crippen LogP) is 2.30. The Kier molecular flexibility index (Phi) is 4.78. The number of nitrogens with zero attached hydrogens (tertiary/aromatic N) is 4. The Morgan fingerprint density at radius 2 is 2.25 bits per heavy atom. The fraction of sp³-hybridized carbons (Fsp3) is 0.529. The number of carbonyl (C=O) groups excluding carboxylic acids is 1. The Hall–Kier alpha value is -2.44. The van der Waals surface area contributed by atoms with Gasteiger partial charge in [0.1, 0.15) is 11.6 Å². The van der Waals surface area contributed by atoms with Crippen LogP contribution in [0.15, 0.2) is 23.1 Å². The first kappa shape index (κ1) is 16.4. The maximum atomic E-state index is 12.8. The summed E-state index contributed by atoms with van der Waals surface area (Å²) in [4.78, 5) is 27.1. The van der Waals surface area contributed by atoms with Crippen LogP contribution in [-0.2, 0) is 6.42 Å². The van der Waals surface area contributed by atoms with Crippen molar-refractivity contribution in [2.24, 2.45) is 5.92 Å². The fourth-order valence-electron chi connectivity index (χ4n) is 2.87. The molecule has 0 spiro atoms. The smallest absolute Gasteiger partial charge is 0.291 e. The molecule has 2 aromatic heterocycles. The van der Waals surface area contributed by atoms with Crippen LogP contribution < -0.4 is 5.32 Å². The van der Waals surface area contributed by atoms with Crippen molar-refractivity contribution in [2.75, 3.05) is 18.9 Å². The number of aryl methyl sites for hydroxylation is 2. The highest BCUT2D eigenvalue weighted by Gasteiger charge is 2.37. The lowest BCUT2D eigenvalue weighted by Crippen LogP contribution is -2.43. The van der Waals surface area contributed by atoms with E-state index in [4.69, 9.17) is 4.42 Å². The average Bonchev–Trinajstić information content (AvgIpc) is 3.30. The average molecular weight is 329 g/mol. The van der Waals surface area contributed by atoms with E-state index in [-0.39, 0.29) is 11.9 Å². The Morgan fingerprint density at radius 1 is 1.46 bits per heavy atom. The van der Waals surface area contributed by atoms with Crippen molar-refractivity contribution in [2.45, 2.75) is 39.2 Å². The minimum Gasteiger partial charge on any atom is -0.438 e. The number of nitrogens with one attached hydrogen (secondary N) is 1. The van der Waals surface area contributed by atoms with Gasteiger partial charge in [0.2, 0.25) is 5.76 Å². The molecule has 0 aliphatic heterocycles. The van der Waals surface area contributed by atoms with Crippen LogP contribution >= 0.6 is 0 Å². The standard InChI is InChI=1S/C17H23N5O2/c1-4-13-16(24-10-20-13)17(23)22(3)14(12-5-6-12)9-19-15-7-8-18-11(2)21-15/h7-8,10,12,14H,4-6,9H2,1-3H3,(H,18,19,21). The zero-order chi connectivity index (χ0) is 17.1. The molecule has 1 fully saturated rings. The van der Waals surface area contributed by atoms with Crippen molar-refractivity contribution < 1.29 is 9.21 Å². The van der Waals surface area contributed by atoms with Gasteiger partial charge in [0.05, 0.1) is 11.7 Å². The molecule has 0 radical (unpaired) electrons. The van der Waals surface area contributed by atoms with Crippen molar-refractivity contribution in [3.8, 4) is 0 Å². The van der Waals surface area contributed by atoms with Crippen LogP contribution in [0.1, 0.15) is 41.8 Å². The van der Waals surface area contributed by atoms with Gasteiger partial charge in [-0.15, -0.1) is 0 Å². The second kappa shape index (κ2) is 6.98. The molecule has 1 aliphatic rings. The normalized spacial score (nSPS) is 15.1. The highest BCUT2D eigenvalue weighted by atomic mass is 16.3. The van der Waals surface area contributed by atoms with E-state index in [1.54, 1.807) is 11.1 Å². The molecular formula is C17H23N5O2. The molecule has 128 valence electrons. The van der Waals surface area contributed by atoms with E-state index in [1.165, 1.54) is 6.39 Å². The molecule has 1 aliphatic carbocycles. The first-order valence-electron chi connectivity index (χ1n) is 8.33. The molecule has 24 heavy (non-hydrogen) atoms. The van der Waals surface area contributed by atoms with E-state index in [0.29, 0.717) is 30.3 Å². The van der Waals surface area contributed by atoms with Gasteiger partial charge >= 0.3 is 0 Å². The Bertz CT molecular complexity index is 711. The van der Waals surface area contributed by atoms with Gasteiger partial charge in [-0.2, -0.15) is 0 Å². The zero-order valence-electron chi connectivity index (χ0n) is 14.3. The molecule has 7 heteroatoms. The molecule has 2 heterocycles. The van der Waals surface area contributed by atoms with Crippen LogP contribution in [0, 0.1) is 12.8 Å². The maximum Gasteiger partial charge on any atom is 0.291 e. The first-order valence-corrected chi connectivity index (χ1v) is 8.33. The summed E-state index contributed by atoms with van der Waals surface area (Å²) in [5.74, 6) is 2.26. The summed E-state index contributed by atoms with van der Waals surface area (Å²) < 4.78 is 5.32. The molecule has 1 unspecified atom stereocenters. The Labute approximate surface area is 141 Å². The molecule has 1 atom stereocenters. The largest absolute Gasteiger partial charge is 0.438 e. The third-order valence-electron chi connectivity index (χ3n) is 4.42. The number of carbonyl (C=O) groups is 1. The minimum absolute atomic E-state index is 0.0996. The summed E-state index contributed by atoms with van der Waals surface area (Å²) in [6.45, 7) is 4.47. The van der Waals surface area contributed by atoms with E-state index in [1.807, 2.05) is 27.0 Å². The highest BCUT2D eigenvalue weighted by molar-refractivity contribution is 5.92. The summed E-state index contributed by atoms with van der Waals surface area (Å²) in [6, 6.07) is 1.94. The molecule has 2 aromatic rings. The zero-order valence-corrected chi connectivity index (χ0v) is 14.3. The first-order chi connectivity index (χ1) is 11.6. The number of aromatic nitrogens is 3. The van der Waals surface area contributed by atoms with Crippen LogP contribution in [0.25, 0.3) is 0 Å². The second-order valence-corrected chi connectivity index (χ2v) is 6.17. The summed E-state index contributed by atoms with van der Waals surface area (Å²) in [6.07, 6.45) is 6.03. The molecular weight excluding hydrogens is 306 g/mol. The van der Waals surface area contributed by atoms with Crippen molar-refractivity contribution >= 4 is 11.7 Å². The number of hydrogen-bond donors (Lipinski definition) is 1. The summed E-state index contributed by atoms with van der Waals surface area (Å²) in [7, 11) is 1.83. The molecule has 3 rings (SSSR count). The number of oxazole rings is 1. The SMILES string of the molecule is CCc1ncoc1C(=O)N(C)C(CNc1ccnc(C)n1)C1CC1. The van der Waals surface area contributed by atoms with Crippen LogP contribution in [0.5, 0.6) is 0 Å². The maximum absolute atomic E-state index is 12.8. The number of amides is 1. The predicted molar refractivity (Wildman–Crippen MR) is 89.7 cm³/mol. The number of likely N-dealkylation sites (N-methyl/N-ethyl adjacent to an activating group) is 1. The molecule has 0 aromatic carbocycles. The summed E-state index contributed by atoms with van der Waals surface area (Å²) in [5.41, 5.74) is 0.709. The van der Waals surface area contributed by atoms with Gasteiger partial charge in [0, 0.05) is 19.8 Å². The number of rotatable bonds is 7. The third-order valence-corrected chi connectivity index (χ3v) is 4.42. The van der Waals surface area contributed by atoms with Gasteiger partial charge < -0.3 is 14.6 Å². The molecule has 1 amide bonds. The Morgan fingerprint density at radius 3 is 2.92 bits per heavy atom. The lowest BCUT2D eigenvalue weighted by molar-refractivity contribution is 0.0688. The fourth-order valence-corrected chi connectivity index (χ4v) is 2.87. The number of hydrogen-bond acceptors (Lipinski definition) is 6. The van der Waals surface area contributed by atoms with E-state index in [9.17, 15) is 4.79 Å². The van der Waals surface area contributed by atoms with Crippen LogP contribution in [0.3, 0.4) is 0 Å². The molecule has 1 N–H and O–H groups in total. The molecule has 7 nitrogen and oxygen atoms in total. The topological polar surface area (TPSA) is 84.2 Å². The van der Waals surface area contributed by atoms with Crippen molar-refractivity contribution in [3.05, 3.63) is 35.9 Å². The van der Waals surface area contributed by atoms with Crippen molar-refractivity contribution in [1.29, 1.82) is 0 Å². The third kappa shape index (κ3) is 3.55. The van der Waals surface area contributed by atoms with Crippen LogP contribution in [0.4, 0.5) is 5.82 Å². The van der Waals surface area contributed by atoms with E-state index in [0.717, 1.165) is 24.5 Å². The Balaban J connectivity index is 1.70. The van der Waals surface area contributed by atoms with E-state index >= 15 is 0 Å². The minimum atomic E-state index is -0.109. The van der Waals surface area contributed by atoms with Gasteiger partial charge in [0.25, 0.3) is 5.91 Å². The van der Waals surface area contributed by atoms with Gasteiger partial charge in [-0.1, -0.05) is 6.92 Å². The lowest BCUT2D eigenvalue weighted by atomic mass is 10.1. The lowest BCUT2D eigenvalue weighted by Gasteiger charge is -2.28. The van der Waals surface area contributed by atoms with Crippen molar-refractivity contribution in [3.63, 3.8) is 0 Å². The molecule has 0 bridgehead atoms. The highest BCUT2D eigenvalue weighted by Crippen LogP contribution is 2.35. The summed E-state index contributed by atoms with van der Waals surface area (Å²) >= 11 is 0. The number of anilines is 1. The second-order valence-electron chi connectivity index (χ2n) is 6.17. The van der Waals surface area contributed by atoms with Gasteiger partial charge in [-0.25, -0.2) is 15.0 Å². The molecule has 1 saturated carbocycles. The van der Waals surface area contributed by atoms with Crippen molar-refractivity contribution in [1.82, 2.24) is 19.9 Å². The monoisotopic (exact) mass is 329 g/mol. The van der Waals surface area contributed by atoms with Gasteiger partial charge in [-0.05, 0) is 38.2 Å².